The first-order chi connectivity index (χ1) is 16.4. The minimum Gasteiger partial charge on any atom is -0.354 e. The van der Waals surface area contributed by atoms with E-state index in [1.807, 2.05) is 6.92 Å². The number of hydrogen-bond donors (Lipinski definition) is 1. The Morgan fingerprint density at radius 3 is 2.23 bits per heavy atom. The summed E-state index contributed by atoms with van der Waals surface area (Å²) in [6.45, 7) is 5.38. The van der Waals surface area contributed by atoms with Crippen molar-refractivity contribution < 1.29 is 18.0 Å². The number of carbonyl (C=O) groups excluding carboxylic acids is 2. The van der Waals surface area contributed by atoms with Crippen LogP contribution in [-0.2, 0) is 26.2 Å². The highest BCUT2D eigenvalue weighted by Crippen LogP contribution is 2.28. The molecular weight excluding hydrogens is 533 g/mol. The molecule has 0 aromatic heterocycles. The van der Waals surface area contributed by atoms with Crippen LogP contribution in [0.25, 0.3) is 0 Å². The molecule has 0 spiro atoms. The molecule has 0 aliphatic carbocycles. The first-order valence-corrected chi connectivity index (χ1v) is 14.1. The average Bonchev–Trinajstić information content (AvgIpc) is 2.78. The highest BCUT2D eigenvalue weighted by Gasteiger charge is 2.32. The molecule has 192 valence electrons. The van der Waals surface area contributed by atoms with E-state index < -0.39 is 28.5 Å². The van der Waals surface area contributed by atoms with Gasteiger partial charge in [-0.1, -0.05) is 60.8 Å². The Labute approximate surface area is 222 Å². The summed E-state index contributed by atoms with van der Waals surface area (Å²) in [7, 11) is -3.86. The summed E-state index contributed by atoms with van der Waals surface area (Å²) in [5.74, 6) is -0.878. The Morgan fingerprint density at radius 2 is 1.66 bits per heavy atom. The van der Waals surface area contributed by atoms with Crippen LogP contribution in [0.1, 0.15) is 37.8 Å². The van der Waals surface area contributed by atoms with Crippen molar-refractivity contribution in [1.29, 1.82) is 0 Å². The Morgan fingerprint density at radius 1 is 1.03 bits per heavy atom. The largest absolute Gasteiger partial charge is 0.354 e. The Hall–Kier alpha value is -2.00. The lowest BCUT2D eigenvalue weighted by Crippen LogP contribution is -2.52. The molecule has 11 heteroatoms. The van der Waals surface area contributed by atoms with Gasteiger partial charge in [0.1, 0.15) is 12.6 Å². The normalized spacial score (nSPS) is 12.2. The number of aryl methyl sites for hydroxylation is 1. The second kappa shape index (κ2) is 12.8. The van der Waals surface area contributed by atoms with E-state index in [1.54, 1.807) is 44.2 Å². The van der Waals surface area contributed by atoms with Gasteiger partial charge in [0.05, 0.1) is 11.9 Å². The van der Waals surface area contributed by atoms with Gasteiger partial charge in [-0.2, -0.15) is 0 Å². The Bertz CT molecular complexity index is 1170. The molecule has 0 radical (unpaired) electrons. The summed E-state index contributed by atoms with van der Waals surface area (Å²) in [5, 5.41) is 3.93. The molecule has 2 aromatic rings. The van der Waals surface area contributed by atoms with Gasteiger partial charge < -0.3 is 10.2 Å². The number of anilines is 1. The number of hydrogen-bond acceptors (Lipinski definition) is 4. The fraction of sp³-hybridized carbons (Fsp3) is 0.417. The van der Waals surface area contributed by atoms with Crippen molar-refractivity contribution in [2.45, 2.75) is 46.2 Å². The lowest BCUT2D eigenvalue weighted by molar-refractivity contribution is -0.140. The van der Waals surface area contributed by atoms with Gasteiger partial charge in [-0.15, -0.1) is 0 Å². The molecule has 2 amide bonds. The quantitative estimate of drug-likeness (QED) is 0.415. The van der Waals surface area contributed by atoms with E-state index >= 15 is 0 Å². The van der Waals surface area contributed by atoms with Crippen LogP contribution in [0.2, 0.25) is 15.1 Å². The third-order valence-corrected chi connectivity index (χ3v) is 7.36. The van der Waals surface area contributed by atoms with Gasteiger partial charge in [-0.3, -0.25) is 13.9 Å². The number of nitrogens with zero attached hydrogens (tertiary/aromatic N) is 2. The van der Waals surface area contributed by atoms with Crippen molar-refractivity contribution >= 4 is 62.3 Å². The zero-order valence-corrected chi connectivity index (χ0v) is 23.2. The smallest absolute Gasteiger partial charge is 0.244 e. The van der Waals surface area contributed by atoms with E-state index in [0.29, 0.717) is 44.8 Å². The van der Waals surface area contributed by atoms with Crippen molar-refractivity contribution in [3.05, 3.63) is 62.6 Å². The zero-order chi connectivity index (χ0) is 26.3. The standard InChI is InChI=1S/C24H30Cl3N3O4S/c1-5-11-28-24(32)21(6-2)29(14-17-8-10-18(25)12-20(17)27)23(31)15-30(35(4,33)34)22-13-19(26)9-7-16(22)3/h7-10,12-13,21H,5-6,11,14-15H2,1-4H3,(H,28,32)/t21-/m1/s1. The highest BCUT2D eigenvalue weighted by atomic mass is 35.5. The van der Waals surface area contributed by atoms with E-state index in [-0.39, 0.29) is 12.5 Å². The fourth-order valence-electron chi connectivity index (χ4n) is 3.56. The number of sulfonamides is 1. The van der Waals surface area contributed by atoms with Crippen molar-refractivity contribution in [2.24, 2.45) is 0 Å². The molecule has 0 saturated heterocycles. The van der Waals surface area contributed by atoms with Crippen LogP contribution in [0.15, 0.2) is 36.4 Å². The zero-order valence-electron chi connectivity index (χ0n) is 20.1. The number of rotatable bonds is 11. The van der Waals surface area contributed by atoms with Crippen LogP contribution in [0, 0.1) is 6.92 Å². The maximum Gasteiger partial charge on any atom is 0.244 e. The SMILES string of the molecule is CCCNC(=O)[C@@H](CC)N(Cc1ccc(Cl)cc1Cl)C(=O)CN(c1cc(Cl)ccc1C)S(C)(=O)=O. The minimum absolute atomic E-state index is 0.000975. The summed E-state index contributed by atoms with van der Waals surface area (Å²) in [5.41, 5.74) is 1.50. The molecule has 1 N–H and O–H groups in total. The molecule has 35 heavy (non-hydrogen) atoms. The van der Waals surface area contributed by atoms with Crippen LogP contribution in [-0.4, -0.2) is 50.5 Å². The number of halogens is 3. The van der Waals surface area contributed by atoms with Gasteiger partial charge in [0.25, 0.3) is 0 Å². The molecule has 0 aliphatic heterocycles. The summed E-state index contributed by atoms with van der Waals surface area (Å²) >= 11 is 18.5. The van der Waals surface area contributed by atoms with Crippen LogP contribution >= 0.6 is 34.8 Å². The predicted molar refractivity (Wildman–Crippen MR) is 143 cm³/mol. The second-order valence-corrected chi connectivity index (χ2v) is 11.4. The van der Waals surface area contributed by atoms with Crippen LogP contribution < -0.4 is 9.62 Å². The van der Waals surface area contributed by atoms with Crippen molar-refractivity contribution in [3.8, 4) is 0 Å². The summed E-state index contributed by atoms with van der Waals surface area (Å²) < 4.78 is 26.4. The lowest BCUT2D eigenvalue weighted by atomic mass is 10.1. The summed E-state index contributed by atoms with van der Waals surface area (Å²) in [6.07, 6.45) is 2.07. The maximum atomic E-state index is 13.7. The van der Waals surface area contributed by atoms with Crippen molar-refractivity contribution in [3.63, 3.8) is 0 Å². The molecule has 7 nitrogen and oxygen atoms in total. The molecule has 1 atom stereocenters. The van der Waals surface area contributed by atoms with Gasteiger partial charge in [0, 0.05) is 28.2 Å². The van der Waals surface area contributed by atoms with E-state index in [0.717, 1.165) is 17.0 Å². The number of nitrogens with one attached hydrogen (secondary N) is 1. The Balaban J connectivity index is 2.50. The molecule has 0 fully saturated rings. The monoisotopic (exact) mass is 561 g/mol. The molecule has 0 saturated carbocycles. The first-order valence-electron chi connectivity index (χ1n) is 11.1. The Kier molecular flexibility index (Phi) is 10.7. The molecule has 0 unspecified atom stereocenters. The van der Waals surface area contributed by atoms with E-state index in [4.69, 9.17) is 34.8 Å². The molecule has 0 bridgehead atoms. The maximum absolute atomic E-state index is 13.7. The van der Waals surface area contributed by atoms with Gasteiger partial charge in [-0.05, 0) is 55.2 Å². The number of benzene rings is 2. The first kappa shape index (κ1) is 29.2. The minimum atomic E-state index is -3.86. The lowest BCUT2D eigenvalue weighted by Gasteiger charge is -2.33. The predicted octanol–water partition coefficient (Wildman–Crippen LogP) is 5.05. The highest BCUT2D eigenvalue weighted by molar-refractivity contribution is 7.92. The van der Waals surface area contributed by atoms with Crippen LogP contribution in [0.3, 0.4) is 0 Å². The van der Waals surface area contributed by atoms with Gasteiger partial charge in [0.2, 0.25) is 21.8 Å². The molecule has 0 heterocycles. The van der Waals surface area contributed by atoms with Gasteiger partial charge in [-0.25, -0.2) is 8.42 Å². The topological polar surface area (TPSA) is 86.8 Å². The van der Waals surface area contributed by atoms with E-state index in [1.165, 1.54) is 11.0 Å². The van der Waals surface area contributed by atoms with E-state index in [9.17, 15) is 18.0 Å². The van der Waals surface area contributed by atoms with Gasteiger partial charge >= 0.3 is 0 Å². The van der Waals surface area contributed by atoms with Crippen molar-refractivity contribution in [1.82, 2.24) is 10.2 Å². The third-order valence-electron chi connectivity index (χ3n) is 5.41. The van der Waals surface area contributed by atoms with Crippen molar-refractivity contribution in [2.75, 3.05) is 23.7 Å². The number of amides is 2. The molecule has 2 rings (SSSR count). The van der Waals surface area contributed by atoms with E-state index in [2.05, 4.69) is 5.32 Å². The molecule has 0 aliphatic rings. The fourth-order valence-corrected chi connectivity index (χ4v) is 5.10. The summed E-state index contributed by atoms with van der Waals surface area (Å²) in [6, 6.07) is 8.86. The van der Waals surface area contributed by atoms with Crippen LogP contribution in [0.5, 0.6) is 0 Å². The second-order valence-electron chi connectivity index (χ2n) is 8.17. The third kappa shape index (κ3) is 8.00. The number of carbonyl (C=O) groups is 2. The molecular formula is C24H30Cl3N3O4S. The van der Waals surface area contributed by atoms with Gasteiger partial charge in [0.15, 0.2) is 0 Å². The molecule has 2 aromatic carbocycles. The average molecular weight is 563 g/mol. The van der Waals surface area contributed by atoms with Crippen LogP contribution in [0.4, 0.5) is 5.69 Å². The summed E-state index contributed by atoms with van der Waals surface area (Å²) in [4.78, 5) is 28.0.